The number of nitrogens with zero attached hydrogens (tertiary/aromatic N) is 2. The maximum atomic E-state index is 11.4. The third kappa shape index (κ3) is 1.63. The summed E-state index contributed by atoms with van der Waals surface area (Å²) in [7, 11) is 0. The smallest absolute Gasteiger partial charge is 0.290 e. The van der Waals surface area contributed by atoms with Crippen LogP contribution in [0.25, 0.3) is 0 Å². The molecule has 5 heteroatoms. The Labute approximate surface area is 87.8 Å². The van der Waals surface area contributed by atoms with E-state index in [9.17, 15) is 9.90 Å². The topological polar surface area (TPSA) is 69.2 Å². The summed E-state index contributed by atoms with van der Waals surface area (Å²) < 4.78 is 0. The average molecular weight is 209 g/mol. The molecule has 1 aliphatic rings. The summed E-state index contributed by atoms with van der Waals surface area (Å²) in [4.78, 5) is 19.7. The molecule has 0 amide bonds. The summed E-state index contributed by atoms with van der Waals surface area (Å²) in [5, 5.41) is 10.0. The molecule has 0 radical (unpaired) electrons. The van der Waals surface area contributed by atoms with Crippen LogP contribution in [0.4, 0.5) is 5.82 Å². The van der Waals surface area contributed by atoms with Gasteiger partial charge in [0.2, 0.25) is 0 Å². The van der Waals surface area contributed by atoms with Crippen molar-refractivity contribution in [1.82, 2.24) is 9.97 Å². The quantitative estimate of drug-likeness (QED) is 0.718. The molecule has 82 valence electrons. The molecule has 0 saturated carbocycles. The Morgan fingerprint density at radius 2 is 2.27 bits per heavy atom. The van der Waals surface area contributed by atoms with Crippen LogP contribution < -0.4 is 10.5 Å². The first kappa shape index (κ1) is 10.2. The fraction of sp³-hybridized carbons (Fsp3) is 0.600. The summed E-state index contributed by atoms with van der Waals surface area (Å²) in [6.45, 7) is 4.90. The molecule has 2 N–H and O–H groups in total. The zero-order valence-corrected chi connectivity index (χ0v) is 8.90. The van der Waals surface area contributed by atoms with Crippen molar-refractivity contribution in [2.45, 2.75) is 19.4 Å². The maximum absolute atomic E-state index is 11.4. The number of aliphatic hydroxyl groups is 1. The van der Waals surface area contributed by atoms with E-state index in [1.807, 2.05) is 13.8 Å². The van der Waals surface area contributed by atoms with Gasteiger partial charge in [-0.15, -0.1) is 0 Å². The lowest BCUT2D eigenvalue weighted by atomic mass is 9.83. The minimum atomic E-state index is -0.677. The Balaban J connectivity index is 2.13. The molecule has 2 rings (SSSR count). The minimum Gasteiger partial charge on any atom is -0.386 e. The summed E-state index contributed by atoms with van der Waals surface area (Å²) in [5.74, 6) is 0.583. The van der Waals surface area contributed by atoms with E-state index < -0.39 is 5.60 Å². The zero-order valence-electron chi connectivity index (χ0n) is 8.90. The minimum absolute atomic E-state index is 0.191. The number of β-amino-alcohol motifs (C(OH)–C–C–N with tert-alkyl or cyclic N) is 1. The lowest BCUT2D eigenvalue weighted by Crippen LogP contribution is -2.65. The lowest BCUT2D eigenvalue weighted by Gasteiger charge is -2.49. The number of aromatic nitrogens is 2. The molecular formula is C10H15N3O2. The fourth-order valence-electron chi connectivity index (χ4n) is 1.70. The van der Waals surface area contributed by atoms with E-state index in [1.165, 1.54) is 6.20 Å². The van der Waals surface area contributed by atoms with E-state index in [-0.39, 0.29) is 11.5 Å². The van der Waals surface area contributed by atoms with Crippen molar-refractivity contribution in [2.24, 2.45) is 5.92 Å². The van der Waals surface area contributed by atoms with Crippen molar-refractivity contribution < 1.29 is 5.11 Å². The van der Waals surface area contributed by atoms with Crippen molar-refractivity contribution in [2.75, 3.05) is 18.0 Å². The van der Waals surface area contributed by atoms with Gasteiger partial charge >= 0.3 is 0 Å². The molecule has 0 atom stereocenters. The molecule has 1 aromatic rings. The van der Waals surface area contributed by atoms with Gasteiger partial charge in [-0.3, -0.25) is 4.79 Å². The van der Waals surface area contributed by atoms with Gasteiger partial charge in [0.1, 0.15) is 5.60 Å². The van der Waals surface area contributed by atoms with Crippen LogP contribution in [-0.4, -0.2) is 33.8 Å². The average Bonchev–Trinajstić information content (AvgIpc) is 2.14. The SMILES string of the molecule is CC(C)C1(O)CN(c2ncc[nH]c2=O)C1. The van der Waals surface area contributed by atoms with Gasteiger partial charge in [-0.2, -0.15) is 0 Å². The summed E-state index contributed by atoms with van der Waals surface area (Å²) in [5.41, 5.74) is -0.882. The van der Waals surface area contributed by atoms with E-state index in [4.69, 9.17) is 0 Å². The second-order valence-electron chi connectivity index (χ2n) is 4.36. The third-order valence-electron chi connectivity index (χ3n) is 2.99. The monoisotopic (exact) mass is 209 g/mol. The van der Waals surface area contributed by atoms with E-state index in [2.05, 4.69) is 9.97 Å². The standard InChI is InChI=1S/C10H15N3O2/c1-7(2)10(15)5-13(6-10)8-9(14)12-4-3-11-8/h3-4,7,15H,5-6H2,1-2H3,(H,12,14). The third-order valence-corrected chi connectivity index (χ3v) is 2.99. The van der Waals surface area contributed by atoms with E-state index >= 15 is 0 Å². The molecular weight excluding hydrogens is 194 g/mol. The molecule has 2 heterocycles. The number of aromatic amines is 1. The zero-order chi connectivity index (χ0) is 11.1. The highest BCUT2D eigenvalue weighted by atomic mass is 16.3. The van der Waals surface area contributed by atoms with Crippen LogP contribution in [0.2, 0.25) is 0 Å². The van der Waals surface area contributed by atoms with Crippen LogP contribution >= 0.6 is 0 Å². The number of rotatable bonds is 2. The van der Waals surface area contributed by atoms with Crippen LogP contribution in [0.15, 0.2) is 17.2 Å². The first-order chi connectivity index (χ1) is 7.03. The largest absolute Gasteiger partial charge is 0.386 e. The summed E-state index contributed by atoms with van der Waals surface area (Å²) in [6.07, 6.45) is 3.05. The lowest BCUT2D eigenvalue weighted by molar-refractivity contribution is -0.0305. The second kappa shape index (κ2) is 3.34. The Hall–Kier alpha value is -1.36. The first-order valence-electron chi connectivity index (χ1n) is 5.04. The van der Waals surface area contributed by atoms with Gasteiger partial charge in [0.05, 0.1) is 13.1 Å². The van der Waals surface area contributed by atoms with Crippen LogP contribution in [0.3, 0.4) is 0 Å². The fourth-order valence-corrected chi connectivity index (χ4v) is 1.70. The van der Waals surface area contributed by atoms with Gasteiger partial charge in [-0.25, -0.2) is 4.98 Å². The van der Waals surface area contributed by atoms with Gasteiger partial charge in [0.15, 0.2) is 5.82 Å². The molecule has 0 bridgehead atoms. The molecule has 0 aromatic carbocycles. The molecule has 1 aromatic heterocycles. The summed E-state index contributed by atoms with van der Waals surface area (Å²) in [6, 6.07) is 0. The normalized spacial score (nSPS) is 19.1. The molecule has 1 saturated heterocycles. The Kier molecular flexibility index (Phi) is 2.26. The Bertz CT molecular complexity index is 407. The van der Waals surface area contributed by atoms with E-state index in [0.717, 1.165) is 0 Å². The predicted octanol–water partition coefficient (Wildman–Crippen LogP) is -0.0230. The highest BCUT2D eigenvalue weighted by Crippen LogP contribution is 2.30. The highest BCUT2D eigenvalue weighted by molar-refractivity contribution is 5.41. The summed E-state index contributed by atoms with van der Waals surface area (Å²) >= 11 is 0. The van der Waals surface area contributed by atoms with E-state index in [1.54, 1.807) is 11.1 Å². The molecule has 15 heavy (non-hydrogen) atoms. The van der Waals surface area contributed by atoms with Crippen LogP contribution in [0.1, 0.15) is 13.8 Å². The first-order valence-corrected chi connectivity index (χ1v) is 5.04. The number of hydrogen-bond donors (Lipinski definition) is 2. The molecule has 0 unspecified atom stereocenters. The number of hydrogen-bond acceptors (Lipinski definition) is 4. The van der Waals surface area contributed by atoms with Crippen molar-refractivity contribution >= 4 is 5.82 Å². The van der Waals surface area contributed by atoms with Gasteiger partial charge < -0.3 is 15.0 Å². The van der Waals surface area contributed by atoms with Crippen LogP contribution in [0.5, 0.6) is 0 Å². The van der Waals surface area contributed by atoms with Crippen molar-refractivity contribution in [3.05, 3.63) is 22.7 Å². The van der Waals surface area contributed by atoms with Gasteiger partial charge in [-0.05, 0) is 5.92 Å². The molecule has 0 aliphatic carbocycles. The molecule has 5 nitrogen and oxygen atoms in total. The number of anilines is 1. The second-order valence-corrected chi connectivity index (χ2v) is 4.36. The van der Waals surface area contributed by atoms with Gasteiger partial charge in [0, 0.05) is 12.4 Å². The van der Waals surface area contributed by atoms with E-state index in [0.29, 0.717) is 18.9 Å². The van der Waals surface area contributed by atoms with Crippen molar-refractivity contribution in [1.29, 1.82) is 0 Å². The maximum Gasteiger partial charge on any atom is 0.290 e. The Morgan fingerprint density at radius 1 is 1.60 bits per heavy atom. The van der Waals surface area contributed by atoms with Gasteiger partial charge in [-0.1, -0.05) is 13.8 Å². The molecule has 0 spiro atoms. The number of H-pyrrole nitrogens is 1. The van der Waals surface area contributed by atoms with Crippen LogP contribution in [0, 0.1) is 5.92 Å². The van der Waals surface area contributed by atoms with Gasteiger partial charge in [0.25, 0.3) is 5.56 Å². The highest BCUT2D eigenvalue weighted by Gasteiger charge is 2.44. The van der Waals surface area contributed by atoms with Crippen molar-refractivity contribution in [3.8, 4) is 0 Å². The Morgan fingerprint density at radius 3 is 2.80 bits per heavy atom. The number of nitrogens with one attached hydrogen (secondary N) is 1. The molecule has 1 aliphatic heterocycles. The molecule has 1 fully saturated rings. The predicted molar refractivity (Wildman–Crippen MR) is 56.9 cm³/mol. The van der Waals surface area contributed by atoms with Crippen molar-refractivity contribution in [3.63, 3.8) is 0 Å². The van der Waals surface area contributed by atoms with Crippen LogP contribution in [-0.2, 0) is 0 Å².